The van der Waals surface area contributed by atoms with Gasteiger partial charge in [-0.05, 0) is 31.2 Å². The van der Waals surface area contributed by atoms with E-state index < -0.39 is 5.54 Å². The Labute approximate surface area is 188 Å². The summed E-state index contributed by atoms with van der Waals surface area (Å²) < 4.78 is 1.49. The van der Waals surface area contributed by atoms with Crippen molar-refractivity contribution in [2.45, 2.75) is 63.6 Å². The third-order valence-corrected chi connectivity index (χ3v) is 6.85. The zero-order valence-electron chi connectivity index (χ0n) is 18.9. The Morgan fingerprint density at radius 1 is 1.22 bits per heavy atom. The lowest BCUT2D eigenvalue weighted by Crippen LogP contribution is -2.63. The molecule has 1 aromatic heterocycles. The van der Waals surface area contributed by atoms with Crippen LogP contribution in [0, 0.1) is 0 Å². The maximum Gasteiger partial charge on any atom is 0.272 e. The summed E-state index contributed by atoms with van der Waals surface area (Å²) >= 11 is 0. The average Bonchev–Trinajstić information content (AvgIpc) is 3.46. The highest BCUT2D eigenvalue weighted by Gasteiger charge is 2.46. The van der Waals surface area contributed by atoms with Gasteiger partial charge in [0.1, 0.15) is 11.2 Å². The minimum Gasteiger partial charge on any atom is -0.351 e. The summed E-state index contributed by atoms with van der Waals surface area (Å²) in [4.78, 5) is 40.3. The van der Waals surface area contributed by atoms with Crippen LogP contribution in [0.25, 0.3) is 0 Å². The summed E-state index contributed by atoms with van der Waals surface area (Å²) in [5, 5.41) is 10.4. The number of carbonyl (C=O) groups excluding carboxylic acids is 3. The second-order valence-corrected chi connectivity index (χ2v) is 9.19. The fourth-order valence-electron chi connectivity index (χ4n) is 4.48. The first-order valence-electron chi connectivity index (χ1n) is 11.3. The van der Waals surface area contributed by atoms with E-state index in [2.05, 4.69) is 15.7 Å². The molecule has 2 unspecified atom stereocenters. The highest BCUT2D eigenvalue weighted by Crippen LogP contribution is 2.27. The van der Waals surface area contributed by atoms with Crippen LogP contribution < -0.4 is 10.6 Å². The predicted octanol–water partition coefficient (Wildman–Crippen LogP) is 2.32. The molecule has 4 rings (SSSR count). The normalized spacial score (nSPS) is 21.8. The smallest absolute Gasteiger partial charge is 0.272 e. The van der Waals surface area contributed by atoms with Gasteiger partial charge in [-0.2, -0.15) is 5.10 Å². The molecule has 1 aliphatic carbocycles. The number of aromatic nitrogens is 2. The molecule has 1 fully saturated rings. The van der Waals surface area contributed by atoms with Gasteiger partial charge in [-0.15, -0.1) is 0 Å². The highest BCUT2D eigenvalue weighted by atomic mass is 16.2. The van der Waals surface area contributed by atoms with Crippen molar-refractivity contribution >= 4 is 17.7 Å². The van der Waals surface area contributed by atoms with Gasteiger partial charge >= 0.3 is 0 Å². The zero-order valence-corrected chi connectivity index (χ0v) is 18.9. The van der Waals surface area contributed by atoms with E-state index >= 15 is 0 Å². The summed E-state index contributed by atoms with van der Waals surface area (Å²) in [6.07, 6.45) is 4.17. The second-order valence-electron chi connectivity index (χ2n) is 9.19. The molecule has 2 N–H and O–H groups in total. The number of amides is 3. The first kappa shape index (κ1) is 22.0. The second kappa shape index (κ2) is 8.76. The lowest BCUT2D eigenvalue weighted by Gasteiger charge is -2.41. The Morgan fingerprint density at radius 2 is 1.91 bits per heavy atom. The van der Waals surface area contributed by atoms with Crippen molar-refractivity contribution in [2.24, 2.45) is 0 Å². The third kappa shape index (κ3) is 4.13. The van der Waals surface area contributed by atoms with Crippen LogP contribution in [0.1, 0.15) is 72.0 Å². The molecule has 0 bridgehead atoms. The van der Waals surface area contributed by atoms with Gasteiger partial charge in [0.15, 0.2) is 5.69 Å². The molecule has 0 saturated heterocycles. The standard InChI is InChI=1S/C24H31N5O3/c1-16(17-9-5-4-6-10-17)14-25-21(30)19-13-20-22(31)28(3)24(2,15-29(20)27-19)23(32)26-18-11-7-8-12-18/h4-6,9-10,13,16,18H,7-8,11-12,14-15H2,1-3H3,(H,25,30)(H,26,32). The molecule has 2 aromatic rings. The highest BCUT2D eigenvalue weighted by molar-refractivity contribution is 6.01. The molecule has 32 heavy (non-hydrogen) atoms. The summed E-state index contributed by atoms with van der Waals surface area (Å²) in [5.41, 5.74) is 0.578. The monoisotopic (exact) mass is 437 g/mol. The van der Waals surface area contributed by atoms with Crippen molar-refractivity contribution in [1.82, 2.24) is 25.3 Å². The number of likely N-dealkylation sites (N-methyl/N-ethyl adjacent to an activating group) is 1. The average molecular weight is 438 g/mol. The van der Waals surface area contributed by atoms with Gasteiger partial charge in [-0.1, -0.05) is 50.1 Å². The van der Waals surface area contributed by atoms with Crippen molar-refractivity contribution < 1.29 is 14.4 Å². The van der Waals surface area contributed by atoms with Crippen LogP contribution >= 0.6 is 0 Å². The summed E-state index contributed by atoms with van der Waals surface area (Å²) in [5.74, 6) is -0.677. The van der Waals surface area contributed by atoms with Gasteiger partial charge in [-0.3, -0.25) is 19.1 Å². The molecule has 0 radical (unpaired) electrons. The van der Waals surface area contributed by atoms with E-state index in [0.29, 0.717) is 12.2 Å². The SMILES string of the molecule is CC(CNC(=O)c1cc2n(n1)CC(C)(C(=O)NC1CCCC1)N(C)C2=O)c1ccccc1. The molecule has 2 aliphatic rings. The fourth-order valence-corrected chi connectivity index (χ4v) is 4.48. The molecule has 170 valence electrons. The van der Waals surface area contributed by atoms with E-state index in [-0.39, 0.29) is 41.9 Å². The summed E-state index contributed by atoms with van der Waals surface area (Å²) in [6.45, 7) is 4.46. The minimum atomic E-state index is -1.06. The van der Waals surface area contributed by atoms with E-state index in [9.17, 15) is 14.4 Å². The van der Waals surface area contributed by atoms with E-state index in [0.717, 1.165) is 31.2 Å². The maximum atomic E-state index is 13.1. The number of carbonyl (C=O) groups is 3. The van der Waals surface area contributed by atoms with Gasteiger partial charge in [0.2, 0.25) is 5.91 Å². The minimum absolute atomic E-state index is 0.146. The van der Waals surface area contributed by atoms with Crippen molar-refractivity contribution in [3.63, 3.8) is 0 Å². The van der Waals surface area contributed by atoms with Crippen LogP contribution in [0.2, 0.25) is 0 Å². The Bertz CT molecular complexity index is 1010. The van der Waals surface area contributed by atoms with Gasteiger partial charge < -0.3 is 15.5 Å². The number of benzene rings is 1. The van der Waals surface area contributed by atoms with Crippen LogP contribution in [0.4, 0.5) is 0 Å². The van der Waals surface area contributed by atoms with Crippen LogP contribution in [0.5, 0.6) is 0 Å². The van der Waals surface area contributed by atoms with E-state index in [1.807, 2.05) is 37.3 Å². The van der Waals surface area contributed by atoms with Crippen molar-refractivity contribution in [3.05, 3.63) is 53.3 Å². The predicted molar refractivity (Wildman–Crippen MR) is 120 cm³/mol. The zero-order chi connectivity index (χ0) is 22.9. The Hall–Kier alpha value is -3.16. The number of rotatable bonds is 6. The van der Waals surface area contributed by atoms with E-state index in [1.165, 1.54) is 15.6 Å². The topological polar surface area (TPSA) is 96.3 Å². The summed E-state index contributed by atoms with van der Waals surface area (Å²) in [7, 11) is 1.63. The molecule has 2 heterocycles. The molecule has 1 aliphatic heterocycles. The fraction of sp³-hybridized carbons (Fsp3) is 0.500. The molecular weight excluding hydrogens is 406 g/mol. The molecule has 8 nitrogen and oxygen atoms in total. The van der Waals surface area contributed by atoms with Crippen molar-refractivity contribution in [3.8, 4) is 0 Å². The third-order valence-electron chi connectivity index (χ3n) is 6.85. The number of nitrogens with one attached hydrogen (secondary N) is 2. The quantitative estimate of drug-likeness (QED) is 0.725. The van der Waals surface area contributed by atoms with Crippen LogP contribution in [0.3, 0.4) is 0 Å². The Balaban J connectivity index is 1.46. The summed E-state index contributed by atoms with van der Waals surface area (Å²) in [6, 6.07) is 11.6. The molecule has 3 amide bonds. The molecule has 1 aromatic carbocycles. The number of hydrogen-bond acceptors (Lipinski definition) is 4. The molecular formula is C24H31N5O3. The van der Waals surface area contributed by atoms with Gasteiger partial charge in [0.05, 0.1) is 6.54 Å². The number of hydrogen-bond donors (Lipinski definition) is 2. The number of nitrogens with zero attached hydrogens (tertiary/aromatic N) is 3. The lowest BCUT2D eigenvalue weighted by atomic mass is 9.95. The van der Waals surface area contributed by atoms with Crippen LogP contribution in [0.15, 0.2) is 36.4 Å². The van der Waals surface area contributed by atoms with Gasteiger partial charge in [0, 0.05) is 25.7 Å². The molecule has 2 atom stereocenters. The van der Waals surface area contributed by atoms with Gasteiger partial charge in [0.25, 0.3) is 11.8 Å². The van der Waals surface area contributed by atoms with Crippen LogP contribution in [-0.2, 0) is 11.3 Å². The molecule has 1 saturated carbocycles. The van der Waals surface area contributed by atoms with Crippen molar-refractivity contribution in [2.75, 3.05) is 13.6 Å². The van der Waals surface area contributed by atoms with E-state index in [4.69, 9.17) is 0 Å². The lowest BCUT2D eigenvalue weighted by molar-refractivity contribution is -0.133. The maximum absolute atomic E-state index is 13.1. The molecule has 8 heteroatoms. The van der Waals surface area contributed by atoms with Crippen molar-refractivity contribution in [1.29, 1.82) is 0 Å². The first-order valence-corrected chi connectivity index (χ1v) is 11.3. The largest absolute Gasteiger partial charge is 0.351 e. The van der Waals surface area contributed by atoms with Gasteiger partial charge in [-0.25, -0.2) is 0 Å². The van der Waals surface area contributed by atoms with Crippen LogP contribution in [-0.4, -0.2) is 57.6 Å². The molecule has 0 spiro atoms. The number of fused-ring (bicyclic) bond motifs is 1. The first-order chi connectivity index (χ1) is 15.3. The van der Waals surface area contributed by atoms with E-state index in [1.54, 1.807) is 14.0 Å². The Kier molecular flexibility index (Phi) is 6.04. The Morgan fingerprint density at radius 3 is 2.59 bits per heavy atom.